The second-order valence-electron chi connectivity index (χ2n) is 11.1. The number of ether oxygens (including phenoxy) is 1. The lowest BCUT2D eigenvalue weighted by Gasteiger charge is -2.40. The van der Waals surface area contributed by atoms with Gasteiger partial charge in [-0.2, -0.15) is 0 Å². The molecule has 2 N–H and O–H groups in total. The lowest BCUT2D eigenvalue weighted by Crippen LogP contribution is -2.62. The summed E-state index contributed by atoms with van der Waals surface area (Å²) in [6.45, 7) is 4.71. The zero-order chi connectivity index (χ0) is 31.5. The van der Waals surface area contributed by atoms with Crippen molar-refractivity contribution in [1.82, 2.24) is 20.4 Å². The molecule has 2 aliphatic rings. The molecule has 2 saturated heterocycles. The van der Waals surface area contributed by atoms with Gasteiger partial charge in [0.15, 0.2) is 5.66 Å². The van der Waals surface area contributed by atoms with E-state index in [0.717, 1.165) is 11.1 Å². The van der Waals surface area contributed by atoms with E-state index in [9.17, 15) is 13.2 Å². The molecule has 0 radical (unpaired) electrons. The van der Waals surface area contributed by atoms with Crippen LogP contribution < -0.4 is 15.4 Å². The molecule has 0 aromatic heterocycles. The number of sulfone groups is 1. The fraction of sp³-hybridized carbons (Fsp3) is 0.364. The van der Waals surface area contributed by atoms with Crippen molar-refractivity contribution < 1.29 is 17.9 Å². The highest BCUT2D eigenvalue weighted by atomic mass is 35.5. The van der Waals surface area contributed by atoms with E-state index in [4.69, 9.17) is 34.4 Å². The number of benzene rings is 3. The average molecular weight is 692 g/mol. The van der Waals surface area contributed by atoms with Crippen LogP contribution in [0.3, 0.4) is 0 Å². The number of terminal acetylenes is 1. The van der Waals surface area contributed by atoms with Crippen molar-refractivity contribution in [3.05, 3.63) is 99.0 Å². The first-order chi connectivity index (χ1) is 21.0. The lowest BCUT2D eigenvalue weighted by molar-refractivity contribution is -0.141. The number of carbonyl (C=O) groups is 1. The van der Waals surface area contributed by atoms with E-state index >= 15 is 0 Å². The Morgan fingerprint density at radius 2 is 1.49 bits per heavy atom. The van der Waals surface area contributed by atoms with Crippen molar-refractivity contribution in [2.24, 2.45) is 0 Å². The fourth-order valence-electron chi connectivity index (χ4n) is 5.86. The maximum absolute atomic E-state index is 14.9. The third kappa shape index (κ3) is 7.95. The molecule has 1 amide bonds. The summed E-state index contributed by atoms with van der Waals surface area (Å²) in [6.07, 6.45) is 6.98. The fourth-order valence-corrected chi connectivity index (χ4v) is 6.71. The van der Waals surface area contributed by atoms with Crippen LogP contribution in [0.5, 0.6) is 5.75 Å². The molecule has 3 aromatic rings. The Bertz CT molecular complexity index is 1580. The van der Waals surface area contributed by atoms with Crippen LogP contribution in [0.15, 0.2) is 66.7 Å². The van der Waals surface area contributed by atoms with Gasteiger partial charge in [0.05, 0.1) is 24.4 Å². The third-order valence-corrected chi connectivity index (χ3v) is 9.57. The van der Waals surface area contributed by atoms with Gasteiger partial charge in [-0.05, 0) is 54.4 Å². The van der Waals surface area contributed by atoms with E-state index in [1.54, 1.807) is 6.07 Å². The Kier molecular flexibility index (Phi) is 11.5. The van der Waals surface area contributed by atoms with Gasteiger partial charge in [-0.25, -0.2) is 8.42 Å². The predicted octanol–water partition coefficient (Wildman–Crippen LogP) is 4.81. The smallest absolute Gasteiger partial charge is 0.262 e. The Hall–Kier alpha value is -2.81. The quantitative estimate of drug-likeness (QED) is 0.312. The second kappa shape index (κ2) is 14.7. The minimum absolute atomic E-state index is 0. The summed E-state index contributed by atoms with van der Waals surface area (Å²) in [4.78, 5) is 18.8. The summed E-state index contributed by atoms with van der Waals surface area (Å²) < 4.78 is 29.6. The Labute approximate surface area is 281 Å². The molecule has 3 aromatic carbocycles. The number of nitrogens with zero attached hydrogens (tertiary/aromatic N) is 2. The molecule has 5 rings (SSSR count). The summed E-state index contributed by atoms with van der Waals surface area (Å²) in [5, 5.41) is 8.64. The number of carbonyl (C=O) groups excluding carboxylic acids is 1. The van der Waals surface area contributed by atoms with E-state index in [2.05, 4.69) is 21.5 Å². The SMILES string of the molecule is C#Cc1ccc(C2(C(=O)N3CCN(CCS(C)(=O)=O)CC3)N[C@H](c3ccc(Cl)cc3)[C@H](c3ccc(Cl)cc3)N2)c(OCC)c1.Cl. The van der Waals surface area contributed by atoms with Gasteiger partial charge in [0.25, 0.3) is 5.91 Å². The van der Waals surface area contributed by atoms with Gasteiger partial charge in [0, 0.05) is 60.2 Å². The molecule has 0 bridgehead atoms. The van der Waals surface area contributed by atoms with Crippen LogP contribution in [0.25, 0.3) is 0 Å². The number of halogens is 3. The van der Waals surface area contributed by atoms with Gasteiger partial charge in [-0.15, -0.1) is 18.8 Å². The van der Waals surface area contributed by atoms with E-state index in [1.807, 2.05) is 72.5 Å². The number of amides is 1. The molecule has 12 heteroatoms. The topological polar surface area (TPSA) is 91.0 Å². The maximum atomic E-state index is 14.9. The monoisotopic (exact) mass is 690 g/mol. The first kappa shape index (κ1) is 35.1. The summed E-state index contributed by atoms with van der Waals surface area (Å²) in [7, 11) is -3.09. The Morgan fingerprint density at radius 3 is 1.96 bits per heavy atom. The van der Waals surface area contributed by atoms with Crippen LogP contribution >= 0.6 is 35.6 Å². The average Bonchev–Trinajstić information content (AvgIpc) is 3.42. The van der Waals surface area contributed by atoms with Crippen molar-refractivity contribution in [2.45, 2.75) is 24.7 Å². The van der Waals surface area contributed by atoms with Gasteiger partial charge >= 0.3 is 0 Å². The van der Waals surface area contributed by atoms with Gasteiger partial charge in [-0.3, -0.25) is 20.3 Å². The second-order valence-corrected chi connectivity index (χ2v) is 14.3. The lowest BCUT2D eigenvalue weighted by atomic mass is 9.95. The number of rotatable bonds is 9. The Balaban J connectivity index is 0.00000461. The van der Waals surface area contributed by atoms with E-state index in [0.29, 0.717) is 66.3 Å². The molecule has 2 aliphatic heterocycles. The predicted molar refractivity (Wildman–Crippen MR) is 182 cm³/mol. The highest BCUT2D eigenvalue weighted by Crippen LogP contribution is 2.45. The normalized spacial score (nSPS) is 22.0. The number of hydrogen-bond acceptors (Lipinski definition) is 7. The first-order valence-corrected chi connectivity index (χ1v) is 17.3. The van der Waals surface area contributed by atoms with Gasteiger partial charge in [0.2, 0.25) is 0 Å². The maximum Gasteiger partial charge on any atom is 0.262 e. The molecule has 0 aliphatic carbocycles. The van der Waals surface area contributed by atoms with Crippen molar-refractivity contribution in [2.75, 3.05) is 51.3 Å². The molecule has 1 unspecified atom stereocenters. The van der Waals surface area contributed by atoms with Crippen LogP contribution in [0.1, 0.15) is 41.3 Å². The Morgan fingerprint density at radius 1 is 0.956 bits per heavy atom. The summed E-state index contributed by atoms with van der Waals surface area (Å²) in [5.74, 6) is 3.10. The highest BCUT2D eigenvalue weighted by molar-refractivity contribution is 7.90. The largest absolute Gasteiger partial charge is 0.493 e. The summed E-state index contributed by atoms with van der Waals surface area (Å²) >= 11 is 12.5. The van der Waals surface area contributed by atoms with Gasteiger partial charge in [-0.1, -0.05) is 59.5 Å². The molecular weight excluding hydrogens is 655 g/mol. The molecule has 2 fully saturated rings. The minimum Gasteiger partial charge on any atom is -0.493 e. The minimum atomic E-state index is -3.09. The van der Waals surface area contributed by atoms with Gasteiger partial charge < -0.3 is 9.64 Å². The van der Waals surface area contributed by atoms with E-state index in [1.165, 1.54) is 6.26 Å². The molecule has 2 heterocycles. The molecular formula is C33H37Cl3N4O4S. The standard InChI is InChI=1S/C33H36Cl2N4O4S.ClH/c1-4-23-6-15-28(29(22-23)43-5-2)33(32(40)39-18-16-38(17-19-39)20-21-44(3,41)42)36-30(24-7-11-26(34)12-8-24)31(37-33)25-9-13-27(35)14-10-25;/h1,6-15,22,30-31,36-37H,5,16-21H2,2-3H3;1H/t30-,31+,33?;. The number of hydrogen-bond donors (Lipinski definition) is 2. The van der Waals surface area contributed by atoms with Crippen molar-refractivity contribution in [3.8, 4) is 18.1 Å². The third-order valence-electron chi connectivity index (χ3n) is 8.15. The zero-order valence-corrected chi connectivity index (χ0v) is 28.3. The summed E-state index contributed by atoms with van der Waals surface area (Å²) in [6, 6.07) is 19.9. The van der Waals surface area contributed by atoms with Gasteiger partial charge in [0.1, 0.15) is 15.6 Å². The van der Waals surface area contributed by atoms with Crippen LogP contribution in [0, 0.1) is 12.3 Å². The molecule has 45 heavy (non-hydrogen) atoms. The van der Waals surface area contributed by atoms with E-state index in [-0.39, 0.29) is 36.2 Å². The zero-order valence-electron chi connectivity index (χ0n) is 25.1. The van der Waals surface area contributed by atoms with Crippen LogP contribution in [0.2, 0.25) is 10.0 Å². The van der Waals surface area contributed by atoms with Crippen molar-refractivity contribution >= 4 is 51.4 Å². The van der Waals surface area contributed by atoms with Crippen LogP contribution in [-0.4, -0.2) is 75.5 Å². The first-order valence-electron chi connectivity index (χ1n) is 14.5. The molecule has 0 saturated carbocycles. The molecule has 3 atom stereocenters. The molecule has 240 valence electrons. The molecule has 8 nitrogen and oxygen atoms in total. The van der Waals surface area contributed by atoms with Crippen LogP contribution in [-0.2, 0) is 20.3 Å². The van der Waals surface area contributed by atoms with Crippen molar-refractivity contribution in [3.63, 3.8) is 0 Å². The highest BCUT2D eigenvalue weighted by Gasteiger charge is 2.54. The van der Waals surface area contributed by atoms with E-state index < -0.39 is 15.5 Å². The molecule has 0 spiro atoms. The van der Waals surface area contributed by atoms with Crippen LogP contribution in [0.4, 0.5) is 0 Å². The number of piperazine rings is 1. The summed E-state index contributed by atoms with van der Waals surface area (Å²) in [5.41, 5.74) is 1.76. The van der Waals surface area contributed by atoms with Crippen molar-refractivity contribution in [1.29, 1.82) is 0 Å². The number of nitrogens with one attached hydrogen (secondary N) is 2.